The minimum Gasteiger partial charge on any atom is -0.465 e. The quantitative estimate of drug-likeness (QED) is 0.478. The van der Waals surface area contributed by atoms with Gasteiger partial charge in [0, 0.05) is 1.37 Å². The molecule has 1 saturated heterocycles. The molecule has 0 aliphatic carbocycles. The lowest BCUT2D eigenvalue weighted by Gasteiger charge is -1.95. The average molecular weight is 117 g/mol. The third-order valence-corrected chi connectivity index (χ3v) is 1.17. The Labute approximate surface area is 53.0 Å². The molecule has 1 rings (SSSR count). The minimum absolute atomic E-state index is 0.157. The zero-order valence-electron chi connectivity index (χ0n) is 7.73. The standard InChI is InChI=1S/C6H10O2/c1-2-5-3-4-8-6(5)7/h5H,2-4H2,1H3/t5-/m0/s1/i4D2,5D. The maximum atomic E-state index is 10.9. The molecule has 1 atom stereocenters. The summed E-state index contributed by atoms with van der Waals surface area (Å²) in [5.74, 6) is -2.10. The van der Waals surface area contributed by atoms with Crippen LogP contribution < -0.4 is 0 Å². The maximum Gasteiger partial charge on any atom is 0.309 e. The molecule has 0 aromatic rings. The van der Waals surface area contributed by atoms with Crippen molar-refractivity contribution in [3.05, 3.63) is 0 Å². The molecule has 0 spiro atoms. The molecule has 1 aliphatic rings. The average Bonchev–Trinajstić information content (AvgIpc) is 2.03. The second kappa shape index (κ2) is 2.16. The minimum atomic E-state index is -1.94. The molecule has 0 amide bonds. The fraction of sp³-hybridized carbons (Fsp3) is 0.833. The van der Waals surface area contributed by atoms with Crippen molar-refractivity contribution in [1.29, 1.82) is 0 Å². The van der Waals surface area contributed by atoms with Gasteiger partial charge in [-0.1, -0.05) is 6.92 Å². The summed E-state index contributed by atoms with van der Waals surface area (Å²) in [7, 11) is 0. The van der Waals surface area contributed by atoms with Gasteiger partial charge in [0.2, 0.25) is 0 Å². The molecule has 0 bridgehead atoms. The van der Waals surface area contributed by atoms with Gasteiger partial charge in [0.05, 0.1) is 15.2 Å². The first-order chi connectivity index (χ1) is 4.90. The first-order valence-corrected chi connectivity index (χ1v) is 2.63. The van der Waals surface area contributed by atoms with E-state index in [2.05, 4.69) is 4.74 Å². The zero-order chi connectivity index (χ0) is 8.70. The van der Waals surface area contributed by atoms with Gasteiger partial charge in [0.1, 0.15) is 0 Å². The van der Waals surface area contributed by atoms with Crippen LogP contribution in [0.1, 0.15) is 23.9 Å². The van der Waals surface area contributed by atoms with Gasteiger partial charge >= 0.3 is 5.97 Å². The number of cyclic esters (lactones) is 1. The highest BCUT2D eigenvalue weighted by atomic mass is 16.5. The summed E-state index contributed by atoms with van der Waals surface area (Å²) in [6.45, 7) is -0.259. The van der Waals surface area contributed by atoms with Crippen molar-refractivity contribution in [2.24, 2.45) is 5.89 Å². The molecular formula is C6H10O2. The highest BCUT2D eigenvalue weighted by Crippen LogP contribution is 2.16. The summed E-state index contributed by atoms with van der Waals surface area (Å²) in [5.41, 5.74) is 0. The Kier molecular flexibility index (Phi) is 0.770. The number of rotatable bonds is 1. The Bertz CT molecular complexity index is 192. The topological polar surface area (TPSA) is 26.3 Å². The number of hydrogen-bond acceptors (Lipinski definition) is 2. The van der Waals surface area contributed by atoms with Crippen LogP contribution in [0.5, 0.6) is 0 Å². The van der Waals surface area contributed by atoms with Crippen molar-refractivity contribution >= 4 is 5.97 Å². The van der Waals surface area contributed by atoms with E-state index in [0.29, 0.717) is 6.42 Å². The van der Waals surface area contributed by atoms with Gasteiger partial charge in [0.25, 0.3) is 0 Å². The summed E-state index contributed by atoms with van der Waals surface area (Å²) in [6, 6.07) is 0. The van der Waals surface area contributed by atoms with E-state index in [4.69, 9.17) is 4.11 Å². The van der Waals surface area contributed by atoms with Crippen molar-refractivity contribution in [3.63, 3.8) is 0 Å². The highest BCUT2D eigenvalue weighted by molar-refractivity contribution is 5.73. The second-order valence-corrected chi connectivity index (χ2v) is 1.67. The molecule has 1 heterocycles. The Morgan fingerprint density at radius 1 is 2.25 bits per heavy atom. The number of carbonyl (C=O) groups is 1. The first kappa shape index (κ1) is 2.85. The van der Waals surface area contributed by atoms with E-state index in [-0.39, 0.29) is 6.42 Å². The molecule has 0 saturated carbocycles. The van der Waals surface area contributed by atoms with Crippen LogP contribution in [-0.4, -0.2) is 12.5 Å². The molecule has 0 aromatic heterocycles. The van der Waals surface area contributed by atoms with E-state index in [1.807, 2.05) is 0 Å². The number of hydrogen-bond donors (Lipinski definition) is 0. The van der Waals surface area contributed by atoms with Crippen LogP contribution in [0.4, 0.5) is 0 Å². The fourth-order valence-corrected chi connectivity index (χ4v) is 0.602. The van der Waals surface area contributed by atoms with E-state index in [0.717, 1.165) is 0 Å². The molecule has 1 aliphatic heterocycles. The van der Waals surface area contributed by atoms with E-state index in [9.17, 15) is 4.79 Å². The predicted molar refractivity (Wildman–Crippen MR) is 29.4 cm³/mol. The van der Waals surface area contributed by atoms with Gasteiger partial charge in [0.15, 0.2) is 0 Å². The van der Waals surface area contributed by atoms with Gasteiger partial charge in [-0.05, 0) is 12.8 Å². The van der Waals surface area contributed by atoms with Gasteiger partial charge in [-0.25, -0.2) is 0 Å². The number of ether oxygens (including phenoxy) is 1. The van der Waals surface area contributed by atoms with E-state index < -0.39 is 18.4 Å². The molecule has 1 fully saturated rings. The van der Waals surface area contributed by atoms with Crippen molar-refractivity contribution in [3.8, 4) is 0 Å². The van der Waals surface area contributed by atoms with Gasteiger partial charge < -0.3 is 4.74 Å². The summed E-state index contributed by atoms with van der Waals surface area (Å²) in [4.78, 5) is 10.9. The Hall–Kier alpha value is -0.530. The summed E-state index contributed by atoms with van der Waals surface area (Å²) >= 11 is 0. The number of carbonyl (C=O) groups excluding carboxylic acids is 1. The van der Waals surface area contributed by atoms with Crippen molar-refractivity contribution in [1.82, 2.24) is 0 Å². The molecule has 0 N–H and O–H groups in total. The molecule has 0 unspecified atom stereocenters. The van der Waals surface area contributed by atoms with Crippen LogP contribution in [0.2, 0.25) is 0 Å². The SMILES string of the molecule is [2H]C1([2H])C[C@]([2H])(CC)C(=O)O1. The van der Waals surface area contributed by atoms with Gasteiger partial charge in [-0.3, -0.25) is 4.79 Å². The third-order valence-electron chi connectivity index (χ3n) is 1.17. The fourth-order valence-electron chi connectivity index (χ4n) is 0.602. The lowest BCUT2D eigenvalue weighted by Crippen LogP contribution is -2.04. The Morgan fingerprint density at radius 2 is 3.00 bits per heavy atom. The Balaban J connectivity index is 2.82. The van der Waals surface area contributed by atoms with Crippen molar-refractivity contribution in [2.75, 3.05) is 6.56 Å². The largest absolute Gasteiger partial charge is 0.465 e. The summed E-state index contributed by atoms with van der Waals surface area (Å²) < 4.78 is 26.0. The normalized spacial score (nSPS) is 49.1. The van der Waals surface area contributed by atoms with E-state index in [1.165, 1.54) is 0 Å². The van der Waals surface area contributed by atoms with E-state index in [1.54, 1.807) is 6.92 Å². The molecule has 2 nitrogen and oxygen atoms in total. The maximum absolute atomic E-state index is 10.9. The predicted octanol–water partition coefficient (Wildman–Crippen LogP) is 0.960. The second-order valence-electron chi connectivity index (χ2n) is 1.67. The third kappa shape index (κ3) is 0.831. The van der Waals surface area contributed by atoms with E-state index >= 15 is 0 Å². The Morgan fingerprint density at radius 3 is 3.25 bits per heavy atom. The first-order valence-electron chi connectivity index (χ1n) is 4.13. The highest BCUT2D eigenvalue weighted by Gasteiger charge is 2.23. The number of esters is 1. The van der Waals surface area contributed by atoms with Gasteiger partial charge in [-0.15, -0.1) is 0 Å². The molecular weight excluding hydrogens is 104 g/mol. The van der Waals surface area contributed by atoms with Crippen LogP contribution in [0.25, 0.3) is 0 Å². The molecule has 0 radical (unpaired) electrons. The van der Waals surface area contributed by atoms with Crippen LogP contribution >= 0.6 is 0 Å². The van der Waals surface area contributed by atoms with Crippen molar-refractivity contribution in [2.45, 2.75) is 19.8 Å². The summed E-state index contributed by atoms with van der Waals surface area (Å²) in [6.07, 6.45) is 0.140. The van der Waals surface area contributed by atoms with Crippen molar-refractivity contribution < 1.29 is 13.6 Å². The van der Waals surface area contributed by atoms with Crippen LogP contribution in [0.15, 0.2) is 0 Å². The van der Waals surface area contributed by atoms with Crippen LogP contribution in [0, 0.1) is 5.89 Å². The monoisotopic (exact) mass is 117 g/mol. The molecule has 46 valence electrons. The van der Waals surface area contributed by atoms with Crippen LogP contribution in [0.3, 0.4) is 0 Å². The zero-order valence-corrected chi connectivity index (χ0v) is 4.73. The lowest BCUT2D eigenvalue weighted by molar-refractivity contribution is -0.141. The van der Waals surface area contributed by atoms with Gasteiger partial charge in [-0.2, -0.15) is 0 Å². The summed E-state index contributed by atoms with van der Waals surface area (Å²) in [5, 5.41) is 0. The van der Waals surface area contributed by atoms with Crippen LogP contribution in [-0.2, 0) is 9.53 Å². The molecule has 8 heavy (non-hydrogen) atoms. The molecule has 0 aromatic carbocycles. The molecule has 2 heteroatoms. The smallest absolute Gasteiger partial charge is 0.309 e. The lowest BCUT2D eigenvalue weighted by atomic mass is 10.1.